The topological polar surface area (TPSA) is 39.6 Å². The molecule has 1 aliphatic carbocycles. The number of likely N-dealkylation sites (N-methyl/N-ethyl adjacent to an activating group) is 2. The smallest absolute Gasteiger partial charge is 0.185 e. The van der Waals surface area contributed by atoms with Crippen LogP contribution < -0.4 is 4.90 Å². The number of anilines is 1. The lowest BCUT2D eigenvalue weighted by Gasteiger charge is -2.49. The molecule has 2 rings (SSSR count). The first kappa shape index (κ1) is 13.8. The number of hydrogen-bond donors (Lipinski definition) is 1. The number of nitrogens with zero attached hydrogens (tertiary/aromatic N) is 3. The van der Waals surface area contributed by atoms with Crippen molar-refractivity contribution in [2.75, 3.05) is 32.6 Å². The van der Waals surface area contributed by atoms with Gasteiger partial charge in [-0.2, -0.15) is 0 Å². The molecule has 0 spiro atoms. The summed E-state index contributed by atoms with van der Waals surface area (Å²) in [6.45, 7) is 2.76. The molecule has 1 saturated carbocycles. The van der Waals surface area contributed by atoms with Gasteiger partial charge in [0.15, 0.2) is 5.13 Å². The Labute approximate surface area is 113 Å². The monoisotopic (exact) mass is 269 g/mol. The Hall–Kier alpha value is -0.650. The minimum absolute atomic E-state index is 0.311. The Bertz CT molecular complexity index is 399. The first-order valence-electron chi connectivity index (χ1n) is 6.47. The fourth-order valence-electron chi connectivity index (χ4n) is 2.48. The van der Waals surface area contributed by atoms with Crippen LogP contribution in [0.3, 0.4) is 0 Å². The van der Waals surface area contributed by atoms with E-state index in [1.54, 1.807) is 18.3 Å². The van der Waals surface area contributed by atoms with Crippen molar-refractivity contribution in [3.63, 3.8) is 0 Å². The quantitative estimate of drug-likeness (QED) is 0.889. The lowest BCUT2D eigenvalue weighted by molar-refractivity contribution is 0.0683. The minimum Gasteiger partial charge on any atom is -0.387 e. The third-order valence-electron chi connectivity index (χ3n) is 4.03. The van der Waals surface area contributed by atoms with Crippen LogP contribution in [-0.2, 0) is 0 Å². The normalized spacial score (nSPS) is 19.7. The van der Waals surface area contributed by atoms with Gasteiger partial charge in [0.1, 0.15) is 0 Å². The van der Waals surface area contributed by atoms with Crippen LogP contribution in [0.15, 0.2) is 5.38 Å². The van der Waals surface area contributed by atoms with E-state index in [2.05, 4.69) is 35.9 Å². The molecule has 4 nitrogen and oxygen atoms in total. The molecule has 102 valence electrons. The molecule has 1 aliphatic rings. The summed E-state index contributed by atoms with van der Waals surface area (Å²) in [5, 5.41) is 12.5. The SMILES string of the molecule is CC(O)c1csc(N(C)CC2(N(C)C)CCC2)n1. The molecule has 0 amide bonds. The van der Waals surface area contributed by atoms with E-state index < -0.39 is 6.10 Å². The molecule has 5 heteroatoms. The third kappa shape index (κ3) is 2.53. The summed E-state index contributed by atoms with van der Waals surface area (Å²) < 4.78 is 0. The Balaban J connectivity index is 2.04. The van der Waals surface area contributed by atoms with Crippen LogP contribution in [0.4, 0.5) is 5.13 Å². The van der Waals surface area contributed by atoms with Crippen LogP contribution in [0.2, 0.25) is 0 Å². The van der Waals surface area contributed by atoms with Crippen molar-refractivity contribution in [1.29, 1.82) is 0 Å². The molecule has 0 bridgehead atoms. The molecule has 0 saturated heterocycles. The number of aromatic nitrogens is 1. The van der Waals surface area contributed by atoms with Crippen LogP contribution in [0.1, 0.15) is 38.0 Å². The van der Waals surface area contributed by atoms with E-state index in [0.717, 1.165) is 17.4 Å². The molecule has 0 aliphatic heterocycles. The van der Waals surface area contributed by atoms with Gasteiger partial charge in [0, 0.05) is 24.5 Å². The molecule has 1 N–H and O–H groups in total. The predicted octanol–water partition coefficient (Wildman–Crippen LogP) is 2.12. The molecule has 1 unspecified atom stereocenters. The molecule has 0 radical (unpaired) electrons. The molecule has 1 aromatic rings. The first-order chi connectivity index (χ1) is 8.44. The zero-order valence-electron chi connectivity index (χ0n) is 11.7. The van der Waals surface area contributed by atoms with Crippen LogP contribution in [0.25, 0.3) is 0 Å². The van der Waals surface area contributed by atoms with Gasteiger partial charge in [-0.25, -0.2) is 4.98 Å². The van der Waals surface area contributed by atoms with Gasteiger partial charge in [-0.15, -0.1) is 11.3 Å². The second-order valence-electron chi connectivity index (χ2n) is 5.56. The molecular weight excluding hydrogens is 246 g/mol. The van der Waals surface area contributed by atoms with E-state index >= 15 is 0 Å². The van der Waals surface area contributed by atoms with E-state index in [4.69, 9.17) is 0 Å². The zero-order chi connectivity index (χ0) is 13.3. The highest BCUT2D eigenvalue weighted by Gasteiger charge is 2.40. The molecule has 18 heavy (non-hydrogen) atoms. The van der Waals surface area contributed by atoms with Crippen LogP contribution in [0.5, 0.6) is 0 Å². The largest absolute Gasteiger partial charge is 0.387 e. The van der Waals surface area contributed by atoms with Crippen molar-refractivity contribution in [3.05, 3.63) is 11.1 Å². The first-order valence-corrected chi connectivity index (χ1v) is 7.35. The maximum Gasteiger partial charge on any atom is 0.185 e. The Morgan fingerprint density at radius 1 is 1.44 bits per heavy atom. The van der Waals surface area contributed by atoms with Gasteiger partial charge in [-0.05, 0) is 40.3 Å². The summed E-state index contributed by atoms with van der Waals surface area (Å²) in [5.74, 6) is 0. The highest BCUT2D eigenvalue weighted by atomic mass is 32.1. The molecule has 1 atom stereocenters. The van der Waals surface area contributed by atoms with Crippen molar-refractivity contribution < 1.29 is 5.11 Å². The van der Waals surface area contributed by atoms with E-state index in [9.17, 15) is 5.11 Å². The standard InChI is InChI=1S/C13H23N3OS/c1-10(17)11-8-18-12(14-11)16(4)9-13(15(2)3)6-5-7-13/h8,10,17H,5-7,9H2,1-4H3. The van der Waals surface area contributed by atoms with Gasteiger partial charge in [0.05, 0.1) is 11.8 Å². The summed E-state index contributed by atoms with van der Waals surface area (Å²) in [7, 11) is 6.42. The van der Waals surface area contributed by atoms with Gasteiger partial charge in [0.25, 0.3) is 0 Å². The van der Waals surface area contributed by atoms with Gasteiger partial charge in [-0.3, -0.25) is 0 Å². The van der Waals surface area contributed by atoms with Gasteiger partial charge in [-0.1, -0.05) is 0 Å². The fourth-order valence-corrected chi connectivity index (χ4v) is 3.36. The van der Waals surface area contributed by atoms with Crippen LogP contribution >= 0.6 is 11.3 Å². The second-order valence-corrected chi connectivity index (χ2v) is 6.40. The number of rotatable bonds is 5. The zero-order valence-corrected chi connectivity index (χ0v) is 12.5. The lowest BCUT2D eigenvalue weighted by atomic mass is 9.75. The van der Waals surface area contributed by atoms with Crippen molar-refractivity contribution in [3.8, 4) is 0 Å². The molecule has 0 aromatic carbocycles. The Morgan fingerprint density at radius 2 is 2.11 bits per heavy atom. The number of aliphatic hydroxyl groups excluding tert-OH is 1. The van der Waals surface area contributed by atoms with E-state index in [-0.39, 0.29) is 0 Å². The van der Waals surface area contributed by atoms with Gasteiger partial charge >= 0.3 is 0 Å². The van der Waals surface area contributed by atoms with E-state index in [1.807, 2.05) is 5.38 Å². The Morgan fingerprint density at radius 3 is 2.50 bits per heavy atom. The van der Waals surface area contributed by atoms with Crippen LogP contribution in [-0.4, -0.2) is 48.2 Å². The van der Waals surface area contributed by atoms with Gasteiger partial charge < -0.3 is 14.9 Å². The maximum atomic E-state index is 9.51. The lowest BCUT2D eigenvalue weighted by Crippen LogP contribution is -2.56. The molecule has 1 heterocycles. The summed E-state index contributed by atoms with van der Waals surface area (Å²) in [4.78, 5) is 9.05. The third-order valence-corrected chi connectivity index (χ3v) is 5.00. The maximum absolute atomic E-state index is 9.51. The van der Waals surface area contributed by atoms with Crippen LogP contribution in [0, 0.1) is 0 Å². The number of aliphatic hydroxyl groups is 1. The average molecular weight is 269 g/mol. The van der Waals surface area contributed by atoms with E-state index in [0.29, 0.717) is 5.54 Å². The highest BCUT2D eigenvalue weighted by Crippen LogP contribution is 2.37. The van der Waals surface area contributed by atoms with Crippen molar-refractivity contribution in [2.45, 2.75) is 37.8 Å². The number of hydrogen-bond acceptors (Lipinski definition) is 5. The fraction of sp³-hybridized carbons (Fsp3) is 0.769. The number of thiazole rings is 1. The molecule has 1 aromatic heterocycles. The Kier molecular flexibility index (Phi) is 3.94. The summed E-state index contributed by atoms with van der Waals surface area (Å²) in [5.41, 5.74) is 1.08. The predicted molar refractivity (Wildman–Crippen MR) is 76.3 cm³/mol. The summed E-state index contributed by atoms with van der Waals surface area (Å²) >= 11 is 1.61. The van der Waals surface area contributed by atoms with Crippen molar-refractivity contribution in [1.82, 2.24) is 9.88 Å². The molecular formula is C13H23N3OS. The van der Waals surface area contributed by atoms with Crippen molar-refractivity contribution in [2.24, 2.45) is 0 Å². The summed E-state index contributed by atoms with van der Waals surface area (Å²) in [6, 6.07) is 0. The van der Waals surface area contributed by atoms with E-state index in [1.165, 1.54) is 19.3 Å². The summed E-state index contributed by atoms with van der Waals surface area (Å²) in [6.07, 6.45) is 3.37. The highest BCUT2D eigenvalue weighted by molar-refractivity contribution is 7.13. The second kappa shape index (κ2) is 5.15. The minimum atomic E-state index is -0.477. The van der Waals surface area contributed by atoms with Crippen molar-refractivity contribution >= 4 is 16.5 Å². The molecule has 1 fully saturated rings. The van der Waals surface area contributed by atoms with Gasteiger partial charge in [0.2, 0.25) is 0 Å². The average Bonchev–Trinajstić information content (AvgIpc) is 2.71.